The molecule has 0 aliphatic rings. The minimum atomic E-state index is -1.06. The highest BCUT2D eigenvalue weighted by molar-refractivity contribution is 7.99. The second kappa shape index (κ2) is 15.3. The summed E-state index contributed by atoms with van der Waals surface area (Å²) in [5, 5.41) is 17.8. The Kier molecular flexibility index (Phi) is 13.1. The predicted octanol–water partition coefficient (Wildman–Crippen LogP) is 3.93. The Hall–Kier alpha value is -2.63. The van der Waals surface area contributed by atoms with Crippen LogP contribution in [-0.4, -0.2) is 62.8 Å². The lowest BCUT2D eigenvalue weighted by molar-refractivity contribution is 0.0505. The van der Waals surface area contributed by atoms with Gasteiger partial charge in [0.1, 0.15) is 0 Å². The molecule has 0 saturated heterocycles. The Balaban J connectivity index is 0.000000331. The molecule has 0 aromatic carbocycles. The van der Waals surface area contributed by atoms with Gasteiger partial charge in [-0.3, -0.25) is 0 Å². The monoisotopic (exact) mass is 496 g/mol. The highest BCUT2D eigenvalue weighted by Crippen LogP contribution is 2.24. The second-order valence-electron chi connectivity index (χ2n) is 6.03. The van der Waals surface area contributed by atoms with Crippen molar-refractivity contribution in [1.82, 2.24) is 9.97 Å². The van der Waals surface area contributed by atoms with E-state index in [0.29, 0.717) is 22.8 Å². The smallest absolute Gasteiger partial charge is 0.358 e. The molecule has 0 amide bonds. The summed E-state index contributed by atoms with van der Waals surface area (Å²) in [5.41, 5.74) is 1.26. The number of nitrogens with zero attached hydrogens (tertiary/aromatic N) is 2. The van der Waals surface area contributed by atoms with Crippen molar-refractivity contribution in [3.8, 4) is 0 Å². The van der Waals surface area contributed by atoms with Crippen LogP contribution >= 0.6 is 23.5 Å². The van der Waals surface area contributed by atoms with Crippen molar-refractivity contribution in [3.05, 3.63) is 47.0 Å². The quantitative estimate of drug-likeness (QED) is 0.366. The summed E-state index contributed by atoms with van der Waals surface area (Å²) in [7, 11) is 0. The van der Waals surface area contributed by atoms with Gasteiger partial charge in [-0.2, -0.15) is 0 Å². The number of aromatic nitrogens is 2. The fourth-order valence-electron chi connectivity index (χ4n) is 2.37. The summed E-state index contributed by atoms with van der Waals surface area (Å²) in [6.45, 7) is 7.88. The van der Waals surface area contributed by atoms with Crippen molar-refractivity contribution in [3.63, 3.8) is 0 Å². The fraction of sp³-hybridized carbons (Fsp3) is 0.409. The molecule has 2 aromatic heterocycles. The number of carbonyl (C=O) groups excluding carboxylic acids is 2. The lowest BCUT2D eigenvalue weighted by atomic mass is 10.2. The standard InChI is InChI=1S/C11H13NO4S.C11H15NO3S/c1-3-16-11(15)9-8(17-4-2)5-7(6-12-9)10(13)14;1-3-15-11(14)10-9(16-4-2)5-8(7-13)6-12-10/h5-6H,3-4H2,1-2H3,(H,13,14);5-6,13H,3-4,7H2,1-2H3. The number of hydrogen-bond donors (Lipinski definition) is 2. The molecule has 0 atom stereocenters. The van der Waals surface area contributed by atoms with E-state index in [1.165, 1.54) is 35.8 Å². The first-order chi connectivity index (χ1) is 15.8. The van der Waals surface area contributed by atoms with Crippen LogP contribution in [0.25, 0.3) is 0 Å². The van der Waals surface area contributed by atoms with Crippen molar-refractivity contribution >= 4 is 41.4 Å². The Labute approximate surface area is 201 Å². The molecule has 2 heterocycles. The SMILES string of the molecule is CCOC(=O)c1ncc(C(=O)O)cc1SCC.CCOC(=O)c1ncc(CO)cc1SCC. The van der Waals surface area contributed by atoms with Gasteiger partial charge in [0.2, 0.25) is 0 Å². The minimum absolute atomic E-state index is 0.0639. The number of aromatic carboxylic acids is 1. The molecule has 0 unspecified atom stereocenters. The van der Waals surface area contributed by atoms with Crippen LogP contribution in [-0.2, 0) is 16.1 Å². The van der Waals surface area contributed by atoms with Crippen molar-refractivity contribution < 1.29 is 34.1 Å². The largest absolute Gasteiger partial charge is 0.478 e. The molecule has 33 heavy (non-hydrogen) atoms. The number of pyridine rings is 2. The zero-order chi connectivity index (χ0) is 24.8. The van der Waals surface area contributed by atoms with Gasteiger partial charge in [-0.05, 0) is 43.0 Å². The van der Waals surface area contributed by atoms with Gasteiger partial charge in [-0.15, -0.1) is 23.5 Å². The van der Waals surface area contributed by atoms with Crippen LogP contribution in [0.1, 0.15) is 64.6 Å². The molecule has 0 aliphatic heterocycles. The van der Waals surface area contributed by atoms with E-state index in [9.17, 15) is 14.4 Å². The third-order valence-electron chi connectivity index (χ3n) is 3.73. The van der Waals surface area contributed by atoms with Gasteiger partial charge >= 0.3 is 17.9 Å². The van der Waals surface area contributed by atoms with E-state index < -0.39 is 17.9 Å². The maximum atomic E-state index is 11.6. The van der Waals surface area contributed by atoms with Crippen LogP contribution in [0, 0.1) is 0 Å². The maximum absolute atomic E-state index is 11.6. The summed E-state index contributed by atoms with van der Waals surface area (Å²) in [6, 6.07) is 3.21. The predicted molar refractivity (Wildman–Crippen MR) is 126 cm³/mol. The number of thioether (sulfide) groups is 2. The van der Waals surface area contributed by atoms with Crippen LogP contribution < -0.4 is 0 Å². The molecule has 180 valence electrons. The van der Waals surface area contributed by atoms with Crippen LogP contribution in [0.4, 0.5) is 0 Å². The molecule has 0 fully saturated rings. The zero-order valence-corrected chi connectivity index (χ0v) is 20.6. The molecule has 11 heteroatoms. The Morgan fingerprint density at radius 1 is 0.848 bits per heavy atom. The fourth-order valence-corrected chi connectivity index (χ4v) is 3.98. The van der Waals surface area contributed by atoms with E-state index in [0.717, 1.165) is 22.6 Å². The number of esters is 2. The molecule has 0 saturated carbocycles. The normalized spacial score (nSPS) is 10.1. The number of ether oxygens (including phenoxy) is 2. The number of carboxylic acids is 1. The minimum Gasteiger partial charge on any atom is -0.478 e. The Bertz CT molecular complexity index is 954. The van der Waals surface area contributed by atoms with Gasteiger partial charge in [-0.25, -0.2) is 24.4 Å². The molecule has 2 rings (SSSR count). The number of rotatable bonds is 10. The molecule has 0 bridgehead atoms. The second-order valence-corrected chi connectivity index (χ2v) is 8.64. The van der Waals surface area contributed by atoms with Crippen LogP contribution in [0.5, 0.6) is 0 Å². The topological polar surface area (TPSA) is 136 Å². The van der Waals surface area contributed by atoms with Gasteiger partial charge < -0.3 is 19.7 Å². The molecule has 9 nitrogen and oxygen atoms in total. The number of aliphatic hydroxyl groups excluding tert-OH is 1. The third kappa shape index (κ3) is 9.03. The summed E-state index contributed by atoms with van der Waals surface area (Å²) >= 11 is 2.87. The average Bonchev–Trinajstić information content (AvgIpc) is 2.80. The summed E-state index contributed by atoms with van der Waals surface area (Å²) < 4.78 is 9.76. The average molecular weight is 497 g/mol. The van der Waals surface area contributed by atoms with E-state index in [2.05, 4.69) is 9.97 Å². The molecular formula is C22H28N2O7S2. The highest BCUT2D eigenvalue weighted by Gasteiger charge is 2.17. The maximum Gasteiger partial charge on any atom is 0.358 e. The molecule has 2 N–H and O–H groups in total. The molecule has 0 spiro atoms. The summed E-state index contributed by atoms with van der Waals surface area (Å²) in [6.07, 6.45) is 2.65. The van der Waals surface area contributed by atoms with E-state index in [-0.39, 0.29) is 24.5 Å². The first-order valence-electron chi connectivity index (χ1n) is 10.3. The highest BCUT2D eigenvalue weighted by atomic mass is 32.2. The number of carboxylic acid groups (broad SMARTS) is 1. The van der Waals surface area contributed by atoms with Crippen molar-refractivity contribution in [1.29, 1.82) is 0 Å². The van der Waals surface area contributed by atoms with E-state index >= 15 is 0 Å². The third-order valence-corrected chi connectivity index (χ3v) is 5.55. The molecule has 2 aromatic rings. The van der Waals surface area contributed by atoms with Crippen molar-refractivity contribution in [2.45, 2.75) is 44.1 Å². The van der Waals surface area contributed by atoms with Gasteiger partial charge in [0.05, 0.1) is 25.4 Å². The molecule has 0 aliphatic carbocycles. The summed E-state index contributed by atoms with van der Waals surface area (Å²) in [4.78, 5) is 43.1. The Morgan fingerprint density at radius 2 is 1.33 bits per heavy atom. The lowest BCUT2D eigenvalue weighted by Gasteiger charge is -2.07. The zero-order valence-electron chi connectivity index (χ0n) is 19.0. The van der Waals surface area contributed by atoms with Crippen LogP contribution in [0.15, 0.2) is 34.3 Å². The Morgan fingerprint density at radius 3 is 1.76 bits per heavy atom. The van der Waals surface area contributed by atoms with Gasteiger partial charge in [0.15, 0.2) is 11.4 Å². The number of aliphatic hydroxyl groups is 1. The summed E-state index contributed by atoms with van der Waals surface area (Å²) in [5.74, 6) is -0.450. The van der Waals surface area contributed by atoms with Gasteiger partial charge in [0.25, 0.3) is 0 Å². The van der Waals surface area contributed by atoms with Crippen LogP contribution in [0.2, 0.25) is 0 Å². The van der Waals surface area contributed by atoms with Crippen LogP contribution in [0.3, 0.4) is 0 Å². The lowest BCUT2D eigenvalue weighted by Crippen LogP contribution is -2.10. The first kappa shape index (κ1) is 28.4. The number of carbonyl (C=O) groups is 3. The van der Waals surface area contributed by atoms with E-state index in [4.69, 9.17) is 19.7 Å². The first-order valence-corrected chi connectivity index (χ1v) is 12.2. The van der Waals surface area contributed by atoms with E-state index in [1.54, 1.807) is 19.9 Å². The molecular weight excluding hydrogens is 468 g/mol. The van der Waals surface area contributed by atoms with Crippen molar-refractivity contribution in [2.75, 3.05) is 24.7 Å². The van der Waals surface area contributed by atoms with E-state index in [1.807, 2.05) is 13.8 Å². The number of hydrogen-bond acceptors (Lipinski definition) is 10. The van der Waals surface area contributed by atoms with Gasteiger partial charge in [-0.1, -0.05) is 13.8 Å². The van der Waals surface area contributed by atoms with Crippen molar-refractivity contribution in [2.24, 2.45) is 0 Å². The molecule has 0 radical (unpaired) electrons. The van der Waals surface area contributed by atoms with Gasteiger partial charge in [0, 0.05) is 22.2 Å².